The molecule has 32 heavy (non-hydrogen) atoms. The number of hydrogen-bond donors (Lipinski definition) is 0. The Morgan fingerprint density at radius 3 is 2.72 bits per heavy atom. The molecule has 2 aliphatic rings. The molecule has 1 aromatic heterocycles. The minimum atomic E-state index is 0.211. The highest BCUT2D eigenvalue weighted by Crippen LogP contribution is 2.36. The first-order valence-electron chi connectivity index (χ1n) is 11.8. The van der Waals surface area contributed by atoms with Crippen LogP contribution in [0.15, 0.2) is 42.5 Å². The first-order valence-corrected chi connectivity index (χ1v) is 12.2. The standard InChI is InChI=1S/C26H32ClN3O2/c1-29-24-8-3-2-7-23(24)28-26(29)17-30-13-11-19(12-14-30)22-16-20(27)9-10-25(22)32-18-21-6-4-5-15-31-21/h2-3,7-10,16,19,21H,4-6,11-15,17-18H2,1H3. The van der Waals surface area contributed by atoms with Crippen LogP contribution in [0.2, 0.25) is 5.02 Å². The average molecular weight is 454 g/mol. The molecule has 2 aromatic carbocycles. The van der Waals surface area contributed by atoms with E-state index in [-0.39, 0.29) is 6.10 Å². The Morgan fingerprint density at radius 2 is 1.94 bits per heavy atom. The molecule has 2 fully saturated rings. The second-order valence-corrected chi connectivity index (χ2v) is 9.54. The summed E-state index contributed by atoms with van der Waals surface area (Å²) in [6.07, 6.45) is 5.88. The summed E-state index contributed by atoms with van der Waals surface area (Å²) >= 11 is 6.38. The molecule has 0 amide bonds. The number of hydrogen-bond acceptors (Lipinski definition) is 4. The summed E-state index contributed by atoms with van der Waals surface area (Å²) < 4.78 is 14.3. The van der Waals surface area contributed by atoms with Gasteiger partial charge in [-0.25, -0.2) is 4.98 Å². The molecule has 1 atom stereocenters. The Bertz CT molecular complexity index is 1050. The summed E-state index contributed by atoms with van der Waals surface area (Å²) in [5, 5.41) is 0.781. The quantitative estimate of drug-likeness (QED) is 0.490. The van der Waals surface area contributed by atoms with Crippen LogP contribution in [-0.4, -0.2) is 46.9 Å². The van der Waals surface area contributed by atoms with Crippen LogP contribution in [0.4, 0.5) is 0 Å². The van der Waals surface area contributed by atoms with Gasteiger partial charge in [-0.05, 0) is 87.0 Å². The van der Waals surface area contributed by atoms with Crippen molar-refractivity contribution >= 4 is 22.6 Å². The van der Waals surface area contributed by atoms with Gasteiger partial charge < -0.3 is 14.0 Å². The maximum absolute atomic E-state index is 6.38. The second-order valence-electron chi connectivity index (χ2n) is 9.11. The smallest absolute Gasteiger partial charge is 0.123 e. The fourth-order valence-corrected chi connectivity index (χ4v) is 5.21. The van der Waals surface area contributed by atoms with Crippen molar-refractivity contribution in [3.63, 3.8) is 0 Å². The molecule has 0 spiro atoms. The van der Waals surface area contributed by atoms with Crippen molar-refractivity contribution in [2.75, 3.05) is 26.3 Å². The van der Waals surface area contributed by atoms with E-state index in [1.165, 1.54) is 17.5 Å². The molecule has 170 valence electrons. The lowest BCUT2D eigenvalue weighted by molar-refractivity contribution is -0.0113. The SMILES string of the molecule is Cn1c(CN2CCC(c3cc(Cl)ccc3OCC3CCCCO3)CC2)nc2ccccc21. The van der Waals surface area contributed by atoms with Gasteiger partial charge in [-0.2, -0.15) is 0 Å². The van der Waals surface area contributed by atoms with Crippen LogP contribution in [0.3, 0.4) is 0 Å². The summed E-state index contributed by atoms with van der Waals surface area (Å²) in [6, 6.07) is 14.4. The van der Waals surface area contributed by atoms with Crippen molar-refractivity contribution in [3.05, 3.63) is 58.9 Å². The molecule has 3 aromatic rings. The molecule has 0 saturated carbocycles. The molecule has 5 rings (SSSR count). The molecular weight excluding hydrogens is 422 g/mol. The Hall–Kier alpha value is -2.08. The number of rotatable bonds is 6. The minimum absolute atomic E-state index is 0.211. The Labute approximate surface area is 195 Å². The number of likely N-dealkylation sites (tertiary alicyclic amines) is 1. The summed E-state index contributed by atoms with van der Waals surface area (Å²) in [5.41, 5.74) is 3.51. The number of imidazole rings is 1. The number of aromatic nitrogens is 2. The van der Waals surface area contributed by atoms with Crippen molar-refractivity contribution in [1.82, 2.24) is 14.5 Å². The van der Waals surface area contributed by atoms with E-state index < -0.39 is 0 Å². The van der Waals surface area contributed by atoms with Crippen molar-refractivity contribution in [1.29, 1.82) is 0 Å². The van der Waals surface area contributed by atoms with Gasteiger partial charge in [-0.3, -0.25) is 4.90 Å². The van der Waals surface area contributed by atoms with E-state index in [1.54, 1.807) is 0 Å². The Kier molecular flexibility index (Phi) is 6.67. The molecule has 1 unspecified atom stereocenters. The summed E-state index contributed by atoms with van der Waals surface area (Å²) in [4.78, 5) is 7.36. The number of nitrogens with zero attached hydrogens (tertiary/aromatic N) is 3. The van der Waals surface area contributed by atoms with E-state index in [1.807, 2.05) is 12.1 Å². The van der Waals surface area contributed by atoms with Crippen molar-refractivity contribution in [3.8, 4) is 5.75 Å². The predicted octanol–water partition coefficient (Wildman–Crippen LogP) is 5.55. The van der Waals surface area contributed by atoms with E-state index >= 15 is 0 Å². The summed E-state index contributed by atoms with van der Waals surface area (Å²) in [7, 11) is 2.11. The first kappa shape index (κ1) is 21.7. The van der Waals surface area contributed by atoms with Crippen molar-refractivity contribution < 1.29 is 9.47 Å². The van der Waals surface area contributed by atoms with Crippen LogP contribution in [0.5, 0.6) is 5.75 Å². The normalized spacial score (nSPS) is 20.6. The molecule has 3 heterocycles. The molecule has 2 aliphatic heterocycles. The van der Waals surface area contributed by atoms with Crippen LogP contribution >= 0.6 is 11.6 Å². The van der Waals surface area contributed by atoms with Gasteiger partial charge in [0, 0.05) is 18.7 Å². The molecule has 6 heteroatoms. The lowest BCUT2D eigenvalue weighted by atomic mass is 9.88. The zero-order chi connectivity index (χ0) is 21.9. The van der Waals surface area contributed by atoms with Gasteiger partial charge in [0.15, 0.2) is 0 Å². The third-order valence-corrected chi connectivity index (χ3v) is 7.18. The monoisotopic (exact) mass is 453 g/mol. The van der Waals surface area contributed by atoms with Gasteiger partial charge in [-0.1, -0.05) is 23.7 Å². The number of piperidine rings is 1. The highest BCUT2D eigenvalue weighted by Gasteiger charge is 2.25. The highest BCUT2D eigenvalue weighted by atomic mass is 35.5. The van der Waals surface area contributed by atoms with Crippen LogP contribution in [0.25, 0.3) is 11.0 Å². The molecule has 0 radical (unpaired) electrons. The number of ether oxygens (including phenoxy) is 2. The van der Waals surface area contributed by atoms with Gasteiger partial charge in [0.05, 0.1) is 23.7 Å². The summed E-state index contributed by atoms with van der Waals surface area (Å²) in [5.74, 6) is 2.56. The largest absolute Gasteiger partial charge is 0.491 e. The molecule has 0 N–H and O–H groups in total. The fourth-order valence-electron chi connectivity index (χ4n) is 5.03. The molecule has 2 saturated heterocycles. The molecular formula is C26H32ClN3O2. The van der Waals surface area contributed by atoms with Crippen LogP contribution in [-0.2, 0) is 18.3 Å². The zero-order valence-electron chi connectivity index (χ0n) is 18.8. The van der Waals surface area contributed by atoms with Gasteiger partial charge in [0.2, 0.25) is 0 Å². The third kappa shape index (κ3) is 4.80. The maximum Gasteiger partial charge on any atom is 0.123 e. The lowest BCUT2D eigenvalue weighted by Crippen LogP contribution is -2.33. The van der Waals surface area contributed by atoms with Crippen molar-refractivity contribution in [2.24, 2.45) is 7.05 Å². The predicted molar refractivity (Wildman–Crippen MR) is 129 cm³/mol. The van der Waals surface area contributed by atoms with E-state index in [2.05, 4.69) is 46.8 Å². The van der Waals surface area contributed by atoms with E-state index in [0.29, 0.717) is 12.5 Å². The summed E-state index contributed by atoms with van der Waals surface area (Å²) in [6.45, 7) is 4.46. The first-order chi connectivity index (χ1) is 15.7. The zero-order valence-corrected chi connectivity index (χ0v) is 19.6. The van der Waals surface area contributed by atoms with Gasteiger partial charge in [-0.15, -0.1) is 0 Å². The second kappa shape index (κ2) is 9.82. The lowest BCUT2D eigenvalue weighted by Gasteiger charge is -2.33. The molecule has 0 aliphatic carbocycles. The van der Waals surface area contributed by atoms with Gasteiger partial charge in [0.25, 0.3) is 0 Å². The maximum atomic E-state index is 6.38. The molecule has 0 bridgehead atoms. The Morgan fingerprint density at radius 1 is 1.09 bits per heavy atom. The number of aryl methyl sites for hydroxylation is 1. The van der Waals surface area contributed by atoms with E-state index in [0.717, 1.165) is 74.0 Å². The topological polar surface area (TPSA) is 39.5 Å². The fraction of sp³-hybridized carbons (Fsp3) is 0.500. The van der Waals surface area contributed by atoms with E-state index in [9.17, 15) is 0 Å². The number of para-hydroxylation sites is 2. The third-order valence-electron chi connectivity index (χ3n) is 6.94. The number of fused-ring (bicyclic) bond motifs is 1. The van der Waals surface area contributed by atoms with Crippen LogP contribution in [0, 0.1) is 0 Å². The number of benzene rings is 2. The highest BCUT2D eigenvalue weighted by molar-refractivity contribution is 6.30. The van der Waals surface area contributed by atoms with Gasteiger partial charge in [0.1, 0.15) is 18.2 Å². The van der Waals surface area contributed by atoms with Crippen LogP contribution < -0.4 is 4.74 Å². The van der Waals surface area contributed by atoms with Crippen molar-refractivity contribution in [2.45, 2.75) is 50.7 Å². The molecule has 5 nitrogen and oxygen atoms in total. The Balaban J connectivity index is 1.22. The minimum Gasteiger partial charge on any atom is -0.491 e. The average Bonchev–Trinajstić information content (AvgIpc) is 3.15. The van der Waals surface area contributed by atoms with Crippen LogP contribution in [0.1, 0.15) is 49.4 Å². The van der Waals surface area contributed by atoms with E-state index in [4.69, 9.17) is 26.1 Å². The van der Waals surface area contributed by atoms with Gasteiger partial charge >= 0.3 is 0 Å². The number of halogens is 1.